The zero-order chi connectivity index (χ0) is 31.6. The van der Waals surface area contributed by atoms with Gasteiger partial charge in [0.25, 0.3) is 5.91 Å². The summed E-state index contributed by atoms with van der Waals surface area (Å²) >= 11 is 2.23. The van der Waals surface area contributed by atoms with E-state index in [-0.39, 0.29) is 18.1 Å². The van der Waals surface area contributed by atoms with E-state index in [1.807, 2.05) is 72.0 Å². The van der Waals surface area contributed by atoms with E-state index in [1.54, 1.807) is 10.8 Å². The molecule has 5 rings (SSSR count). The van der Waals surface area contributed by atoms with Crippen LogP contribution in [0.2, 0.25) is 0 Å². The molecule has 2 amide bonds. The zero-order valence-electron chi connectivity index (χ0n) is 26.3. The number of rotatable bonds is 8. The lowest BCUT2D eigenvalue weighted by atomic mass is 10.1. The van der Waals surface area contributed by atoms with Crippen molar-refractivity contribution in [2.75, 3.05) is 31.5 Å². The summed E-state index contributed by atoms with van der Waals surface area (Å²) in [5.41, 5.74) is 4.78. The van der Waals surface area contributed by atoms with Crippen molar-refractivity contribution in [1.82, 2.24) is 14.9 Å². The molecule has 1 saturated carbocycles. The number of nitrogens with zero attached hydrogens (tertiary/aromatic N) is 4. The van der Waals surface area contributed by atoms with Crippen molar-refractivity contribution in [3.8, 4) is 5.75 Å². The van der Waals surface area contributed by atoms with Gasteiger partial charge < -0.3 is 14.8 Å². The summed E-state index contributed by atoms with van der Waals surface area (Å²) in [6, 6.07) is 11.8. The molecule has 10 heteroatoms. The van der Waals surface area contributed by atoms with Crippen LogP contribution in [0.4, 0.5) is 10.6 Å². The van der Waals surface area contributed by atoms with Gasteiger partial charge in [0.05, 0.1) is 22.4 Å². The third-order valence-corrected chi connectivity index (χ3v) is 8.66. The molecular formula is C34H41IN5O4+. The van der Waals surface area contributed by atoms with Crippen LogP contribution in [-0.4, -0.2) is 68.9 Å². The number of nitrogens with one attached hydrogen (secondary N) is 1. The summed E-state index contributed by atoms with van der Waals surface area (Å²) in [4.78, 5) is 37.4. The molecule has 2 aliphatic rings. The highest BCUT2D eigenvalue weighted by atomic mass is 127. The predicted molar refractivity (Wildman–Crippen MR) is 179 cm³/mol. The second kappa shape index (κ2) is 13.3. The van der Waals surface area contributed by atoms with E-state index in [1.165, 1.54) is 18.4 Å². The van der Waals surface area contributed by atoms with Gasteiger partial charge in [-0.05, 0) is 117 Å². The minimum absolute atomic E-state index is 0.212. The maximum absolute atomic E-state index is 13.2. The average molecular weight is 711 g/mol. The standard InChI is InChI=1S/C34H40IN5O4/c1-21-8-7-13-36-31(21)38-32(41)26-17-27(35)29(16-22(26)2)43-30(28-12-11-25(18-37-28)24-9-10-24)20-39-14-15-40(23(3)19-39)33(42)44-34(4,5)6/h7-8,11-13,16-18,24,30H,9-10,14-15,19-20H2,1-6H3/p+1. The number of pyridine rings is 2. The van der Waals surface area contributed by atoms with Crippen LogP contribution in [0.1, 0.15) is 85.3 Å². The first kappa shape index (κ1) is 32.0. The Bertz CT molecular complexity index is 1580. The quantitative estimate of drug-likeness (QED) is 0.206. The molecule has 44 heavy (non-hydrogen) atoms. The fourth-order valence-electron chi connectivity index (χ4n) is 5.27. The monoisotopic (exact) mass is 710 g/mol. The molecule has 3 aromatic rings. The Hall–Kier alpha value is -3.38. The molecule has 2 aromatic heterocycles. The van der Waals surface area contributed by atoms with Crippen LogP contribution in [-0.2, 0) is 4.74 Å². The van der Waals surface area contributed by atoms with Crippen molar-refractivity contribution >= 4 is 46.1 Å². The van der Waals surface area contributed by atoms with Crippen molar-refractivity contribution in [1.29, 1.82) is 0 Å². The van der Waals surface area contributed by atoms with E-state index in [4.69, 9.17) is 14.5 Å². The van der Waals surface area contributed by atoms with Crippen molar-refractivity contribution in [2.24, 2.45) is 0 Å². The Morgan fingerprint density at radius 2 is 1.89 bits per heavy atom. The van der Waals surface area contributed by atoms with Crippen LogP contribution in [0.3, 0.4) is 0 Å². The molecule has 1 N–H and O–H groups in total. The predicted octanol–water partition coefficient (Wildman–Crippen LogP) is 6.67. The minimum Gasteiger partial charge on any atom is -0.482 e. The number of amides is 2. The Kier molecular flexibility index (Phi) is 9.69. The first-order valence-electron chi connectivity index (χ1n) is 15.1. The van der Waals surface area contributed by atoms with E-state index in [0.29, 0.717) is 49.2 Å². The average Bonchev–Trinajstić information content (AvgIpc) is 3.80. The summed E-state index contributed by atoms with van der Waals surface area (Å²) in [5.74, 6) is 1.65. The molecule has 0 bridgehead atoms. The number of carbonyl (C=O) groups excluding carboxylic acids is 2. The number of halogens is 1. The molecule has 1 atom stereocenters. The summed E-state index contributed by atoms with van der Waals surface area (Å²) in [5, 5.41) is 2.93. The molecule has 0 saturated heterocycles. The van der Waals surface area contributed by atoms with Gasteiger partial charge >= 0.3 is 6.09 Å². The number of hydrogen-bond acceptors (Lipinski definition) is 7. The topological polar surface area (TPSA) is 96.7 Å². The first-order valence-corrected chi connectivity index (χ1v) is 16.2. The summed E-state index contributed by atoms with van der Waals surface area (Å²) in [7, 11) is 0. The zero-order valence-corrected chi connectivity index (χ0v) is 28.5. The Morgan fingerprint density at radius 3 is 2.52 bits per heavy atom. The number of anilines is 1. The van der Waals surface area contributed by atoms with Gasteiger partial charge in [-0.3, -0.25) is 14.7 Å². The third-order valence-electron chi connectivity index (χ3n) is 7.81. The molecule has 3 heterocycles. The van der Waals surface area contributed by atoms with Crippen LogP contribution >= 0.6 is 22.6 Å². The number of carbonyl (C=O) groups is 2. The second-order valence-corrected chi connectivity index (χ2v) is 13.9. The van der Waals surface area contributed by atoms with E-state index in [9.17, 15) is 9.59 Å². The van der Waals surface area contributed by atoms with Crippen molar-refractivity contribution in [2.45, 2.75) is 72.0 Å². The van der Waals surface area contributed by atoms with Crippen molar-refractivity contribution in [3.05, 3.63) is 80.3 Å². The third kappa shape index (κ3) is 8.01. The highest BCUT2D eigenvalue weighted by molar-refractivity contribution is 14.1. The van der Waals surface area contributed by atoms with Crippen LogP contribution in [0, 0.1) is 17.4 Å². The fraction of sp³-hybridized carbons (Fsp3) is 0.441. The van der Waals surface area contributed by atoms with Gasteiger partial charge in [-0.2, -0.15) is 4.79 Å². The smallest absolute Gasteiger partial charge is 0.482 e. The molecule has 1 fully saturated rings. The number of ether oxygens (including phenoxy) is 2. The lowest BCUT2D eigenvalue weighted by Gasteiger charge is -2.29. The number of aromatic nitrogens is 2. The molecule has 1 aliphatic heterocycles. The highest BCUT2D eigenvalue weighted by Gasteiger charge is 2.34. The summed E-state index contributed by atoms with van der Waals surface area (Å²) < 4.78 is 14.9. The van der Waals surface area contributed by atoms with E-state index in [0.717, 1.165) is 26.1 Å². The first-order chi connectivity index (χ1) is 20.9. The molecule has 0 radical (unpaired) electrons. The molecule has 1 aromatic carbocycles. The lowest BCUT2D eigenvalue weighted by molar-refractivity contribution is -0.458. The molecule has 0 spiro atoms. The number of benzene rings is 1. The normalized spacial score (nSPS) is 16.4. The van der Waals surface area contributed by atoms with Crippen LogP contribution in [0.15, 0.2) is 48.8 Å². The van der Waals surface area contributed by atoms with Crippen molar-refractivity contribution < 1.29 is 23.6 Å². The largest absolute Gasteiger partial charge is 0.596 e. The van der Waals surface area contributed by atoms with Gasteiger partial charge in [0, 0.05) is 31.4 Å². The van der Waals surface area contributed by atoms with Gasteiger partial charge in [-0.1, -0.05) is 12.1 Å². The van der Waals surface area contributed by atoms with Gasteiger partial charge in [0.2, 0.25) is 0 Å². The van der Waals surface area contributed by atoms with Crippen LogP contribution < -0.4 is 10.1 Å². The highest BCUT2D eigenvalue weighted by Crippen LogP contribution is 2.40. The minimum atomic E-state index is -0.547. The van der Waals surface area contributed by atoms with E-state index in [2.05, 4.69) is 49.9 Å². The van der Waals surface area contributed by atoms with Gasteiger partial charge in [-0.25, -0.2) is 4.98 Å². The molecule has 9 nitrogen and oxygen atoms in total. The van der Waals surface area contributed by atoms with Gasteiger partial charge in [-0.15, -0.1) is 4.58 Å². The number of aryl methyl sites for hydroxylation is 2. The van der Waals surface area contributed by atoms with Crippen LogP contribution in [0.25, 0.3) is 0 Å². The van der Waals surface area contributed by atoms with Crippen molar-refractivity contribution in [3.63, 3.8) is 0 Å². The van der Waals surface area contributed by atoms with Gasteiger partial charge in [0.15, 0.2) is 18.4 Å². The number of hydrogen-bond donors (Lipinski definition) is 1. The molecule has 1 unspecified atom stereocenters. The molecule has 1 aliphatic carbocycles. The molecule has 232 valence electrons. The Labute approximate surface area is 273 Å². The van der Waals surface area contributed by atoms with Gasteiger partial charge in [0.1, 0.15) is 17.2 Å². The Morgan fingerprint density at radius 1 is 1.11 bits per heavy atom. The maximum Gasteiger partial charge on any atom is 0.596 e. The second-order valence-electron chi connectivity index (χ2n) is 12.7. The van der Waals surface area contributed by atoms with E-state index < -0.39 is 5.60 Å². The Balaban J connectivity index is 1.36. The van der Waals surface area contributed by atoms with Crippen LogP contribution in [0.5, 0.6) is 5.75 Å². The lowest BCUT2D eigenvalue weighted by Crippen LogP contribution is -2.48. The summed E-state index contributed by atoms with van der Waals surface area (Å²) in [6.07, 6.45) is 5.41. The molecular weight excluding hydrogens is 669 g/mol. The van der Waals surface area contributed by atoms with E-state index >= 15 is 0 Å². The fourth-order valence-corrected chi connectivity index (χ4v) is 5.86. The SMILES string of the molecule is CC1=[N+](C(=O)OC(C)(C)C)CCN(CC(Oc2cc(C)c(C(=O)Nc3ncccc3C)cc2I)c2ccc(C3CC3)cn2)C1. The maximum atomic E-state index is 13.2. The summed E-state index contributed by atoms with van der Waals surface area (Å²) in [6.45, 7) is 13.9.